The van der Waals surface area contributed by atoms with Gasteiger partial charge in [0.2, 0.25) is 5.95 Å². The van der Waals surface area contributed by atoms with Gasteiger partial charge in [-0.15, -0.1) is 71.8 Å². The molecule has 9 heteroatoms. The van der Waals surface area contributed by atoms with Gasteiger partial charge in [-0.3, -0.25) is 0 Å². The predicted molar refractivity (Wildman–Crippen MR) is 241 cm³/mol. The maximum absolute atomic E-state index is 6.45. The van der Waals surface area contributed by atoms with E-state index in [1.165, 1.54) is 33.4 Å². The number of fused-ring (bicyclic) bond motifs is 3. The van der Waals surface area contributed by atoms with E-state index in [1.54, 1.807) is 18.5 Å². The maximum atomic E-state index is 6.45. The summed E-state index contributed by atoms with van der Waals surface area (Å²) in [5, 5.41) is 1.87. The van der Waals surface area contributed by atoms with Crippen LogP contribution in [0.15, 0.2) is 152 Å². The second-order valence-corrected chi connectivity index (χ2v) is 15.0. The quantitative estimate of drug-likeness (QED) is 0.106. The third kappa shape index (κ3) is 8.63. The molecular formula is C54H37N5O2Pd2. The molecule has 0 amide bonds. The van der Waals surface area contributed by atoms with Crippen molar-refractivity contribution in [2.45, 2.75) is 27.7 Å². The van der Waals surface area contributed by atoms with Crippen LogP contribution in [0.1, 0.15) is 22.3 Å². The summed E-state index contributed by atoms with van der Waals surface area (Å²) >= 11 is 0. The second-order valence-electron chi connectivity index (χ2n) is 15.0. The molecule has 10 aromatic rings. The number of ether oxygens (including phenoxy) is 2. The molecule has 7 nitrogen and oxygen atoms in total. The van der Waals surface area contributed by atoms with Gasteiger partial charge in [0.15, 0.2) is 0 Å². The molecule has 4 aromatic heterocycles. The Balaban J connectivity index is 0.00000272. The fourth-order valence-electron chi connectivity index (χ4n) is 8.11. The third-order valence-corrected chi connectivity index (χ3v) is 10.9. The number of rotatable bonds is 9. The molecule has 0 aliphatic heterocycles. The number of benzene rings is 6. The minimum Gasteiger partial charge on any atom is -0.503 e. The van der Waals surface area contributed by atoms with Crippen molar-refractivity contribution in [3.8, 4) is 73.7 Å². The summed E-state index contributed by atoms with van der Waals surface area (Å²) < 4.78 is 14.8. The zero-order valence-corrected chi connectivity index (χ0v) is 37.7. The molecule has 0 atom stereocenters. The van der Waals surface area contributed by atoms with Crippen molar-refractivity contribution in [3.63, 3.8) is 0 Å². The number of hydrogen-bond donors (Lipinski definition) is 0. The van der Waals surface area contributed by atoms with Crippen LogP contribution in [0.5, 0.6) is 23.0 Å². The maximum Gasteiger partial charge on any atom is 2.00 e. The molecule has 310 valence electrons. The van der Waals surface area contributed by atoms with Crippen molar-refractivity contribution in [1.82, 2.24) is 24.5 Å². The van der Waals surface area contributed by atoms with Crippen molar-refractivity contribution < 1.29 is 50.3 Å². The van der Waals surface area contributed by atoms with Gasteiger partial charge in [0.1, 0.15) is 0 Å². The molecular weight excluding hydrogens is 963 g/mol. The Morgan fingerprint density at radius 2 is 0.825 bits per heavy atom. The first kappa shape index (κ1) is 43.1. The van der Waals surface area contributed by atoms with E-state index in [0.717, 1.165) is 55.4 Å². The van der Waals surface area contributed by atoms with Gasteiger partial charge in [0.25, 0.3) is 0 Å². The minimum absolute atomic E-state index is 0. The van der Waals surface area contributed by atoms with Crippen molar-refractivity contribution in [3.05, 3.63) is 199 Å². The Morgan fingerprint density at radius 3 is 1.27 bits per heavy atom. The summed E-state index contributed by atoms with van der Waals surface area (Å²) in [5.41, 5.74) is 14.3. The molecule has 63 heavy (non-hydrogen) atoms. The molecule has 0 fully saturated rings. The fraction of sp³-hybridized carbons (Fsp3) is 0.0741. The molecule has 4 heterocycles. The van der Waals surface area contributed by atoms with Gasteiger partial charge in [-0.05, 0) is 102 Å². The predicted octanol–water partition coefficient (Wildman–Crippen LogP) is 13.0. The van der Waals surface area contributed by atoms with Gasteiger partial charge >= 0.3 is 40.8 Å². The monoisotopic (exact) mass is 999 g/mol. The Bertz CT molecular complexity index is 3040. The van der Waals surface area contributed by atoms with Crippen molar-refractivity contribution >= 4 is 21.8 Å². The van der Waals surface area contributed by atoms with Crippen LogP contribution < -0.4 is 9.47 Å². The molecule has 0 spiro atoms. The summed E-state index contributed by atoms with van der Waals surface area (Å²) in [4.78, 5) is 18.6. The third-order valence-electron chi connectivity index (χ3n) is 10.9. The Kier molecular flexibility index (Phi) is 12.6. The van der Waals surface area contributed by atoms with Crippen molar-refractivity contribution in [2.24, 2.45) is 0 Å². The van der Waals surface area contributed by atoms with Crippen LogP contribution in [-0.4, -0.2) is 24.5 Å². The van der Waals surface area contributed by atoms with Gasteiger partial charge in [-0.25, -0.2) is 9.97 Å². The molecule has 0 saturated carbocycles. The van der Waals surface area contributed by atoms with E-state index in [9.17, 15) is 0 Å². The number of nitrogens with zero attached hydrogens (tertiary/aromatic N) is 5. The SMILES string of the molecule is Cc1cccc(C)c1-c1ccnc(-c2[c-]c(Oc3[c-]c4c(cc3)c3ccc(Oc5[c-]c(-c6cc(-c7c(C)cccc7C)ccn6)ccc5)[c-]c3n4-c3ncccn3)ccc2)c1.[Pd+2].[Pd+2]. The molecule has 6 aromatic carbocycles. The average molecular weight is 1000 g/mol. The first-order valence-corrected chi connectivity index (χ1v) is 20.0. The van der Waals surface area contributed by atoms with Gasteiger partial charge < -0.3 is 24.0 Å². The van der Waals surface area contributed by atoms with E-state index in [-0.39, 0.29) is 40.8 Å². The minimum atomic E-state index is 0. The summed E-state index contributed by atoms with van der Waals surface area (Å²) in [7, 11) is 0. The zero-order valence-electron chi connectivity index (χ0n) is 34.6. The van der Waals surface area contributed by atoms with E-state index < -0.39 is 0 Å². The van der Waals surface area contributed by atoms with Crippen LogP contribution in [0.4, 0.5) is 0 Å². The molecule has 0 aliphatic carbocycles. The standard InChI is InChI=1S/C54H37N5O2.2Pd/c1-34-10-5-11-35(2)52(34)40-22-26-55-48(30-40)38-14-7-16-42(28-38)60-44-18-20-46-47-21-19-45(33-51(47)59(50(46)32-44)54-57-24-9-25-58-54)61-43-17-8-15-39(29-43)49-31-41(23-27-56-49)53-36(3)12-6-13-37(53)4;;/h5-27,30-31H,1-4H3;;/q-4;2*+2. The van der Waals surface area contributed by atoms with E-state index in [1.807, 2.05) is 89.8 Å². The molecule has 10 rings (SSSR count). The van der Waals surface area contributed by atoms with Crippen LogP contribution in [0, 0.1) is 52.0 Å². The summed E-state index contributed by atoms with van der Waals surface area (Å²) in [6.45, 7) is 8.54. The summed E-state index contributed by atoms with van der Waals surface area (Å²) in [6, 6.07) is 56.2. The summed E-state index contributed by atoms with van der Waals surface area (Å²) in [5.74, 6) is 2.57. The van der Waals surface area contributed by atoms with Crippen LogP contribution in [0.2, 0.25) is 0 Å². The van der Waals surface area contributed by atoms with Gasteiger partial charge in [-0.2, -0.15) is 22.9 Å². The molecule has 0 radical (unpaired) electrons. The van der Waals surface area contributed by atoms with Crippen LogP contribution in [0.25, 0.3) is 72.5 Å². The number of aromatic nitrogens is 5. The molecule has 0 saturated heterocycles. The molecule has 0 unspecified atom stereocenters. The van der Waals surface area contributed by atoms with Gasteiger partial charge in [0, 0.05) is 47.8 Å². The largest absolute Gasteiger partial charge is 2.00 e. The summed E-state index contributed by atoms with van der Waals surface area (Å²) in [6.07, 6.45) is 7.12. The molecule has 0 aliphatic rings. The Morgan fingerprint density at radius 1 is 0.413 bits per heavy atom. The van der Waals surface area contributed by atoms with E-state index >= 15 is 0 Å². The van der Waals surface area contributed by atoms with E-state index in [0.29, 0.717) is 28.9 Å². The smallest absolute Gasteiger partial charge is 0.503 e. The first-order valence-electron chi connectivity index (χ1n) is 20.0. The van der Waals surface area contributed by atoms with E-state index in [4.69, 9.17) is 19.4 Å². The topological polar surface area (TPSA) is 75.0 Å². The normalized spacial score (nSPS) is 10.9. The van der Waals surface area contributed by atoms with Crippen LogP contribution in [-0.2, 0) is 40.8 Å². The molecule has 0 bridgehead atoms. The van der Waals surface area contributed by atoms with Gasteiger partial charge in [-0.1, -0.05) is 71.7 Å². The van der Waals surface area contributed by atoms with Gasteiger partial charge in [0.05, 0.1) is 0 Å². The molecule has 0 N–H and O–H groups in total. The fourth-order valence-corrected chi connectivity index (χ4v) is 8.11. The Hall–Kier alpha value is -6.58. The Labute approximate surface area is 394 Å². The first-order chi connectivity index (χ1) is 29.9. The number of aryl methyl sites for hydroxylation is 4. The number of pyridine rings is 2. The van der Waals surface area contributed by atoms with Crippen LogP contribution >= 0.6 is 0 Å². The number of hydrogen-bond acceptors (Lipinski definition) is 6. The second kappa shape index (κ2) is 18.4. The zero-order chi connectivity index (χ0) is 41.5. The van der Waals surface area contributed by atoms with Crippen LogP contribution in [0.3, 0.4) is 0 Å². The van der Waals surface area contributed by atoms with Crippen molar-refractivity contribution in [1.29, 1.82) is 0 Å². The average Bonchev–Trinajstić information content (AvgIpc) is 3.60. The van der Waals surface area contributed by atoms with Crippen molar-refractivity contribution in [2.75, 3.05) is 0 Å². The van der Waals surface area contributed by atoms with E-state index in [2.05, 4.69) is 110 Å².